The molecule has 15 fully saturated rings. The van der Waals surface area contributed by atoms with E-state index in [1.165, 1.54) is 0 Å². The smallest absolute Gasteiger partial charge is 0.308 e. The molecule has 23 heteroatoms. The summed E-state index contributed by atoms with van der Waals surface area (Å²) in [6.07, 6.45) is -7.06. The number of fused-ring (bicyclic) bond motifs is 9. The Bertz CT molecular complexity index is 2300. The van der Waals surface area contributed by atoms with Gasteiger partial charge >= 0.3 is 5.97 Å². The number of carbonyl (C=O) groups excluding carboxylic acids is 1. The molecule has 15 heterocycles. The highest BCUT2D eigenvalue weighted by Gasteiger charge is 2.79. The summed E-state index contributed by atoms with van der Waals surface area (Å²) in [5.74, 6) is -5.06. The standard InChI is InChI=1S/C56H82N2O21/c1-23-12-29-8-11-55-53(63)56(64)52(79-55)51-50(78-56)49(77-55)48-35(73-51)7-5-28(67-48)15-45(62)70-41-18-39-40(68-38(41)16-36-24(2)30(57)14-27(66-36)4-6-33(23)65-29)19-42-43(69-39)20-46(72-42)71-34-9-10-54(75-25(34)3)21-31(58)47-44(76-54)17-37(74-47)32(61)13-26(60)22-59/h25-44,46-53,59-61,63-64H,1-2,4-22,57-58H2,3H3/t25-,26+,27-,28+,29-,30+,31-,32-,33-,34-,35-,36+,37-,38-,39?,40-,41+,42+,43?,44-,46+,47-,48-,49-,50-,51+,52?,53-,54+,55+,56?/m0/s1. The first kappa shape index (κ1) is 55.0. The Hall–Kier alpha value is -1.89. The van der Waals surface area contributed by atoms with Crippen LogP contribution in [-0.4, -0.2) is 226 Å². The van der Waals surface area contributed by atoms with Gasteiger partial charge in [-0.15, -0.1) is 0 Å². The first-order chi connectivity index (χ1) is 37.9. The Labute approximate surface area is 459 Å². The Morgan fingerprint density at radius 2 is 1.39 bits per heavy atom. The molecule has 15 aliphatic rings. The number of aliphatic hydroxyl groups excluding tert-OH is 4. The third kappa shape index (κ3) is 9.84. The molecule has 0 amide bonds. The molecule has 2 spiro atoms. The van der Waals surface area contributed by atoms with Gasteiger partial charge in [0.05, 0.1) is 123 Å². The van der Waals surface area contributed by atoms with E-state index in [0.29, 0.717) is 96.3 Å². The number of carbonyl (C=O) groups is 1. The van der Waals surface area contributed by atoms with Crippen LogP contribution in [0.4, 0.5) is 0 Å². The van der Waals surface area contributed by atoms with Gasteiger partial charge in [-0.3, -0.25) is 4.79 Å². The quantitative estimate of drug-likeness (QED) is 0.139. The number of ether oxygens (including phenoxy) is 15. The normalized spacial score (nSPS) is 55.7. The third-order valence-electron chi connectivity index (χ3n) is 20.4. The maximum absolute atomic E-state index is 14.3. The number of rotatable bonds is 6. The second kappa shape index (κ2) is 21.0. The van der Waals surface area contributed by atoms with Gasteiger partial charge in [0, 0.05) is 69.9 Å². The van der Waals surface area contributed by atoms with Crippen LogP contribution in [0.25, 0.3) is 0 Å². The third-order valence-corrected chi connectivity index (χ3v) is 20.4. The van der Waals surface area contributed by atoms with E-state index in [4.69, 9.17) is 82.5 Å². The van der Waals surface area contributed by atoms with Gasteiger partial charge in [0.25, 0.3) is 0 Å². The van der Waals surface area contributed by atoms with Crippen LogP contribution in [0, 0.1) is 0 Å². The first-order valence-electron chi connectivity index (χ1n) is 29.6. The van der Waals surface area contributed by atoms with Crippen LogP contribution in [0.3, 0.4) is 0 Å². The molecule has 79 heavy (non-hydrogen) atoms. The lowest BCUT2D eigenvalue weighted by molar-refractivity contribution is -0.346. The lowest BCUT2D eigenvalue weighted by Gasteiger charge is -2.50. The number of aliphatic hydroxyl groups is 5. The highest BCUT2D eigenvalue weighted by Crippen LogP contribution is 2.58. The van der Waals surface area contributed by atoms with Crippen molar-refractivity contribution in [1.29, 1.82) is 0 Å². The Morgan fingerprint density at radius 1 is 0.658 bits per heavy atom. The number of nitrogens with two attached hydrogens (primary N) is 2. The predicted octanol–water partition coefficient (Wildman–Crippen LogP) is 0.353. The molecule has 15 saturated heterocycles. The summed E-state index contributed by atoms with van der Waals surface area (Å²) in [5, 5.41) is 53.7. The Kier molecular flexibility index (Phi) is 14.6. The van der Waals surface area contributed by atoms with E-state index >= 15 is 0 Å². The van der Waals surface area contributed by atoms with E-state index in [-0.39, 0.29) is 74.1 Å². The monoisotopic (exact) mass is 1120 g/mol. The van der Waals surface area contributed by atoms with Gasteiger partial charge in [-0.05, 0) is 69.4 Å². The summed E-state index contributed by atoms with van der Waals surface area (Å²) in [4.78, 5) is 14.3. The van der Waals surface area contributed by atoms with Crippen LogP contribution in [0.5, 0.6) is 0 Å². The van der Waals surface area contributed by atoms with Crippen molar-refractivity contribution in [2.24, 2.45) is 11.5 Å². The van der Waals surface area contributed by atoms with Crippen LogP contribution in [0.15, 0.2) is 24.3 Å². The molecule has 0 radical (unpaired) electrons. The van der Waals surface area contributed by atoms with Crippen molar-refractivity contribution in [1.82, 2.24) is 0 Å². The fourth-order valence-corrected chi connectivity index (χ4v) is 16.3. The van der Waals surface area contributed by atoms with Crippen LogP contribution in [-0.2, 0) is 75.8 Å². The second-order valence-corrected chi connectivity index (χ2v) is 25.7. The van der Waals surface area contributed by atoms with E-state index in [2.05, 4.69) is 13.2 Å². The van der Waals surface area contributed by atoms with E-state index in [0.717, 1.165) is 11.1 Å². The minimum atomic E-state index is -2.04. The summed E-state index contributed by atoms with van der Waals surface area (Å²) in [5.41, 5.74) is 15.2. The van der Waals surface area contributed by atoms with Crippen LogP contribution >= 0.6 is 0 Å². The fraction of sp³-hybridized carbons (Fsp3) is 0.911. The van der Waals surface area contributed by atoms with Crippen molar-refractivity contribution in [3.05, 3.63) is 24.3 Å². The van der Waals surface area contributed by atoms with Crippen molar-refractivity contribution < 1.29 is 101 Å². The molecule has 0 saturated carbocycles. The van der Waals surface area contributed by atoms with Crippen LogP contribution in [0.1, 0.15) is 122 Å². The van der Waals surface area contributed by atoms with Crippen molar-refractivity contribution in [2.45, 2.75) is 311 Å². The zero-order valence-corrected chi connectivity index (χ0v) is 44.9. The molecule has 0 aromatic rings. The lowest BCUT2D eigenvalue weighted by atomic mass is 9.85. The SMILES string of the molecule is C=C1C[C@@H]2CC[C@]34OC5[C@@H]6O[C@H]7CC[C@H](CC(=O)O[C@@H]8CC9OC%10C[C@H](O[C@H]%11CC[C@@]%12(C[C@H](N)[C@@H]%13O[C@H]([C@@H](O)C[C@@H](O)CO)C[C@@H]%13O%12)O[C@H]%11C)O[C@@H]%10C[C@@H]9O[C@H]8C[C@H]8O[C@@H](CC[C@@H]1O2)C[C@@H](N)C8=C)O[C@@H]7[C@H](O3)[C@@H]6OC5(O)[C@H]4O. The fourth-order valence-electron chi connectivity index (χ4n) is 16.3. The van der Waals surface area contributed by atoms with E-state index in [1.54, 1.807) is 0 Å². The summed E-state index contributed by atoms with van der Waals surface area (Å²) in [7, 11) is 0. The molecule has 442 valence electrons. The minimum absolute atomic E-state index is 0.0172. The minimum Gasteiger partial charge on any atom is -0.459 e. The highest BCUT2D eigenvalue weighted by atomic mass is 16.8. The molecule has 15 rings (SSSR count). The van der Waals surface area contributed by atoms with E-state index < -0.39 is 146 Å². The molecule has 15 aliphatic heterocycles. The highest BCUT2D eigenvalue weighted by molar-refractivity contribution is 5.70. The van der Waals surface area contributed by atoms with Gasteiger partial charge in [-0.25, -0.2) is 0 Å². The summed E-state index contributed by atoms with van der Waals surface area (Å²) in [6, 6.07) is -0.725. The molecule has 0 aromatic carbocycles. The van der Waals surface area contributed by atoms with E-state index in [9.17, 15) is 30.3 Å². The molecular formula is C56H82N2O21. The maximum atomic E-state index is 14.3. The average Bonchev–Trinajstić information content (AvgIpc) is 2.43. The number of esters is 1. The molecule has 4 unspecified atom stereocenters. The second-order valence-electron chi connectivity index (χ2n) is 25.7. The number of hydrogen-bond donors (Lipinski definition) is 7. The molecule has 9 N–H and O–H groups in total. The van der Waals surface area contributed by atoms with Gasteiger partial charge in [0.1, 0.15) is 36.6 Å². The average molecular weight is 1120 g/mol. The van der Waals surface area contributed by atoms with Crippen molar-refractivity contribution in [3.63, 3.8) is 0 Å². The predicted molar refractivity (Wildman–Crippen MR) is 267 cm³/mol. The van der Waals surface area contributed by atoms with Gasteiger partial charge in [0.15, 0.2) is 18.2 Å². The summed E-state index contributed by atoms with van der Waals surface area (Å²) < 4.78 is 99.4. The van der Waals surface area contributed by atoms with Crippen LogP contribution < -0.4 is 11.5 Å². The molecule has 31 atom stereocenters. The zero-order valence-electron chi connectivity index (χ0n) is 44.9. The van der Waals surface area contributed by atoms with E-state index in [1.807, 2.05) is 6.92 Å². The van der Waals surface area contributed by atoms with Gasteiger partial charge in [0.2, 0.25) is 11.6 Å². The largest absolute Gasteiger partial charge is 0.459 e. The molecule has 0 aliphatic carbocycles. The van der Waals surface area contributed by atoms with Gasteiger partial charge in [-0.2, -0.15) is 0 Å². The van der Waals surface area contributed by atoms with Gasteiger partial charge < -0.3 is 108 Å². The van der Waals surface area contributed by atoms with Crippen LogP contribution in [0.2, 0.25) is 0 Å². The molecule has 0 aromatic heterocycles. The Balaban J connectivity index is 0.652. The molecule has 12 bridgehead atoms. The first-order valence-corrected chi connectivity index (χ1v) is 29.6. The molecular weight excluding hydrogens is 1040 g/mol. The lowest BCUT2D eigenvalue weighted by Crippen LogP contribution is -2.63. The van der Waals surface area contributed by atoms with Crippen molar-refractivity contribution >= 4 is 5.97 Å². The number of hydrogen-bond acceptors (Lipinski definition) is 23. The molecule has 23 nitrogen and oxygen atoms in total. The van der Waals surface area contributed by atoms with Gasteiger partial charge in [-0.1, -0.05) is 13.2 Å². The maximum Gasteiger partial charge on any atom is 0.308 e. The topological polar surface area (TPSA) is 309 Å². The summed E-state index contributed by atoms with van der Waals surface area (Å²) in [6.45, 7) is 10.3. The van der Waals surface area contributed by atoms with Crippen molar-refractivity contribution in [3.8, 4) is 0 Å². The van der Waals surface area contributed by atoms with Crippen molar-refractivity contribution in [2.75, 3.05) is 6.61 Å². The zero-order chi connectivity index (χ0) is 54.4. The summed E-state index contributed by atoms with van der Waals surface area (Å²) >= 11 is 0. The Morgan fingerprint density at radius 3 is 2.20 bits per heavy atom.